The topological polar surface area (TPSA) is 102 Å². The number of aryl methyl sites for hydroxylation is 1. The second-order valence-corrected chi connectivity index (χ2v) is 5.90. The van der Waals surface area contributed by atoms with E-state index in [4.69, 9.17) is 14.9 Å². The molecule has 1 aromatic heterocycles. The number of para-hydroxylation sites is 1. The first-order chi connectivity index (χ1) is 12.5. The third-order valence-corrected chi connectivity index (χ3v) is 3.62. The van der Waals surface area contributed by atoms with Crippen molar-refractivity contribution in [2.45, 2.75) is 33.4 Å². The highest BCUT2D eigenvalue weighted by atomic mass is 16.5. The fourth-order valence-corrected chi connectivity index (χ4v) is 2.28. The van der Waals surface area contributed by atoms with Crippen molar-refractivity contribution in [1.82, 2.24) is 10.6 Å². The van der Waals surface area contributed by atoms with Crippen LogP contribution in [0, 0.1) is 6.92 Å². The van der Waals surface area contributed by atoms with Crippen LogP contribution in [-0.2, 0) is 6.54 Å². The fraction of sp³-hybridized carbons (Fsp3) is 0.368. The van der Waals surface area contributed by atoms with Crippen LogP contribution in [0.4, 0.5) is 0 Å². The zero-order valence-corrected chi connectivity index (χ0v) is 15.4. The Morgan fingerprint density at radius 1 is 1.27 bits per heavy atom. The van der Waals surface area contributed by atoms with Gasteiger partial charge in [-0.25, -0.2) is 4.99 Å². The van der Waals surface area contributed by atoms with Gasteiger partial charge in [-0.1, -0.05) is 18.2 Å². The van der Waals surface area contributed by atoms with Crippen molar-refractivity contribution in [3.8, 4) is 5.75 Å². The molecule has 1 heterocycles. The molecule has 0 bridgehead atoms. The summed E-state index contributed by atoms with van der Waals surface area (Å²) in [4.78, 5) is 15.5. The smallest absolute Gasteiger partial charge is 0.284 e. The Morgan fingerprint density at radius 2 is 2.04 bits per heavy atom. The Balaban J connectivity index is 1.90. The second-order valence-electron chi connectivity index (χ2n) is 5.90. The van der Waals surface area contributed by atoms with Crippen molar-refractivity contribution < 1.29 is 13.9 Å². The highest BCUT2D eigenvalue weighted by Crippen LogP contribution is 2.17. The molecule has 0 spiro atoms. The minimum Gasteiger partial charge on any atom is -0.489 e. The molecule has 26 heavy (non-hydrogen) atoms. The summed E-state index contributed by atoms with van der Waals surface area (Å²) in [5, 5.41) is 6.40. The van der Waals surface area contributed by atoms with Crippen LogP contribution in [0.15, 0.2) is 45.8 Å². The van der Waals surface area contributed by atoms with Crippen molar-refractivity contribution in [1.29, 1.82) is 0 Å². The molecule has 140 valence electrons. The molecule has 0 saturated heterocycles. The highest BCUT2D eigenvalue weighted by molar-refractivity contribution is 5.89. The molecule has 0 saturated carbocycles. The van der Waals surface area contributed by atoms with Crippen LogP contribution in [0.2, 0.25) is 0 Å². The molecular weight excluding hydrogens is 332 g/mol. The van der Waals surface area contributed by atoms with Gasteiger partial charge in [0.25, 0.3) is 5.91 Å². The lowest BCUT2D eigenvalue weighted by molar-refractivity contribution is 0.0972. The predicted molar refractivity (Wildman–Crippen MR) is 101 cm³/mol. The van der Waals surface area contributed by atoms with Crippen molar-refractivity contribution >= 4 is 11.9 Å². The number of guanidine groups is 1. The minimum absolute atomic E-state index is 0.0370. The molecule has 4 N–H and O–H groups in total. The van der Waals surface area contributed by atoms with Crippen molar-refractivity contribution in [3.63, 3.8) is 0 Å². The summed E-state index contributed by atoms with van der Waals surface area (Å²) in [5.41, 5.74) is 6.28. The molecule has 1 unspecified atom stereocenters. The standard InChI is InChI=1S/C19H26N4O3/c1-4-21-19(23-12-15-9-10-17(26-15)18(20)24)22-11-14(3)25-16-8-6-5-7-13(16)2/h5-10,14H,4,11-12H2,1-3H3,(H2,20,24)(H2,21,22,23). The van der Waals surface area contributed by atoms with Crippen molar-refractivity contribution in [3.05, 3.63) is 53.5 Å². The van der Waals surface area contributed by atoms with E-state index in [1.165, 1.54) is 0 Å². The molecule has 2 aromatic rings. The molecule has 7 nitrogen and oxygen atoms in total. The fourth-order valence-electron chi connectivity index (χ4n) is 2.28. The quantitative estimate of drug-likeness (QED) is 0.496. The summed E-state index contributed by atoms with van der Waals surface area (Å²) in [6.45, 7) is 7.62. The molecule has 1 amide bonds. The Bertz CT molecular complexity index is 755. The second kappa shape index (κ2) is 9.50. The Labute approximate surface area is 153 Å². The number of nitrogens with one attached hydrogen (secondary N) is 2. The van der Waals surface area contributed by atoms with Crippen LogP contribution in [0.1, 0.15) is 35.7 Å². The summed E-state index contributed by atoms with van der Waals surface area (Å²) in [6, 6.07) is 11.2. The number of nitrogens with zero attached hydrogens (tertiary/aromatic N) is 1. The van der Waals surface area contributed by atoms with Crippen molar-refractivity contribution in [2.24, 2.45) is 10.7 Å². The van der Waals surface area contributed by atoms with Gasteiger partial charge >= 0.3 is 0 Å². The number of ether oxygens (including phenoxy) is 1. The number of primary amides is 1. The molecule has 0 radical (unpaired) electrons. The third-order valence-electron chi connectivity index (χ3n) is 3.62. The van der Waals surface area contributed by atoms with Gasteiger partial charge in [-0.15, -0.1) is 0 Å². The number of carbonyl (C=O) groups excluding carboxylic acids is 1. The van der Waals surface area contributed by atoms with E-state index < -0.39 is 5.91 Å². The van der Waals surface area contributed by atoms with Gasteiger partial charge in [0.15, 0.2) is 11.7 Å². The number of hydrogen-bond acceptors (Lipinski definition) is 4. The van der Waals surface area contributed by atoms with Crippen LogP contribution in [0.5, 0.6) is 5.75 Å². The normalized spacial score (nSPS) is 12.5. The zero-order valence-electron chi connectivity index (χ0n) is 15.4. The van der Waals surface area contributed by atoms with Gasteiger partial charge in [-0.2, -0.15) is 0 Å². The van der Waals surface area contributed by atoms with Gasteiger partial charge in [0, 0.05) is 6.54 Å². The van der Waals surface area contributed by atoms with Crippen LogP contribution < -0.4 is 21.1 Å². The monoisotopic (exact) mass is 358 g/mol. The van der Waals surface area contributed by atoms with Gasteiger partial charge in [-0.05, 0) is 44.5 Å². The summed E-state index contributed by atoms with van der Waals surface area (Å²) < 4.78 is 11.3. The molecule has 0 fully saturated rings. The van der Waals surface area contributed by atoms with E-state index >= 15 is 0 Å². The van der Waals surface area contributed by atoms with Crippen molar-refractivity contribution in [2.75, 3.05) is 13.1 Å². The van der Waals surface area contributed by atoms with Gasteiger partial charge in [0.2, 0.25) is 0 Å². The lowest BCUT2D eigenvalue weighted by Gasteiger charge is -2.18. The number of carbonyl (C=O) groups is 1. The Kier molecular flexibility index (Phi) is 7.08. The van der Waals surface area contributed by atoms with E-state index in [0.29, 0.717) is 24.8 Å². The van der Waals surface area contributed by atoms with Crippen LogP contribution in [0.3, 0.4) is 0 Å². The maximum absolute atomic E-state index is 11.1. The lowest BCUT2D eigenvalue weighted by Crippen LogP contribution is -2.41. The average Bonchev–Trinajstić information content (AvgIpc) is 3.09. The van der Waals surface area contributed by atoms with Gasteiger partial charge < -0.3 is 25.5 Å². The number of nitrogens with two attached hydrogens (primary N) is 1. The predicted octanol–water partition coefficient (Wildman–Crippen LogP) is 2.21. The summed E-state index contributed by atoms with van der Waals surface area (Å²) in [7, 11) is 0. The Hall–Kier alpha value is -2.96. The van der Waals surface area contributed by atoms with Gasteiger partial charge in [-0.3, -0.25) is 4.79 Å². The first-order valence-corrected chi connectivity index (χ1v) is 8.62. The number of amides is 1. The van der Waals surface area contributed by atoms with Gasteiger partial charge in [0.05, 0.1) is 6.54 Å². The SMILES string of the molecule is CCNC(=NCc1ccc(C(N)=O)o1)NCC(C)Oc1ccccc1C. The molecule has 0 aliphatic carbocycles. The summed E-state index contributed by atoms with van der Waals surface area (Å²) in [5.74, 6) is 1.63. The van der Waals surface area contributed by atoms with Crippen LogP contribution >= 0.6 is 0 Å². The summed E-state index contributed by atoms with van der Waals surface area (Å²) >= 11 is 0. The third kappa shape index (κ3) is 5.84. The first-order valence-electron chi connectivity index (χ1n) is 8.62. The van der Waals surface area contributed by atoms with Gasteiger partial charge in [0.1, 0.15) is 24.2 Å². The number of rotatable bonds is 8. The number of aliphatic imine (C=N–C) groups is 1. The number of furan rings is 1. The summed E-state index contributed by atoms with van der Waals surface area (Å²) in [6.07, 6.45) is -0.0370. The molecular formula is C19H26N4O3. The Morgan fingerprint density at radius 3 is 2.69 bits per heavy atom. The first kappa shape index (κ1) is 19.4. The number of hydrogen-bond donors (Lipinski definition) is 3. The van der Waals surface area contributed by atoms with E-state index in [1.54, 1.807) is 12.1 Å². The molecule has 1 atom stereocenters. The molecule has 2 rings (SSSR count). The van der Waals surface area contributed by atoms with Crippen LogP contribution in [0.25, 0.3) is 0 Å². The maximum Gasteiger partial charge on any atom is 0.284 e. The van der Waals surface area contributed by atoms with E-state index in [2.05, 4.69) is 15.6 Å². The zero-order chi connectivity index (χ0) is 18.9. The molecule has 1 aromatic carbocycles. The maximum atomic E-state index is 11.1. The minimum atomic E-state index is -0.590. The van der Waals surface area contributed by atoms with E-state index in [-0.39, 0.29) is 11.9 Å². The van der Waals surface area contributed by atoms with E-state index in [0.717, 1.165) is 17.9 Å². The van der Waals surface area contributed by atoms with Crippen LogP contribution in [-0.4, -0.2) is 31.1 Å². The number of benzene rings is 1. The van der Waals surface area contributed by atoms with E-state index in [1.807, 2.05) is 45.0 Å². The molecule has 7 heteroatoms. The molecule has 0 aliphatic rings. The highest BCUT2D eigenvalue weighted by Gasteiger charge is 2.09. The average molecular weight is 358 g/mol. The molecule has 0 aliphatic heterocycles. The largest absolute Gasteiger partial charge is 0.489 e. The lowest BCUT2D eigenvalue weighted by atomic mass is 10.2. The van der Waals surface area contributed by atoms with E-state index in [9.17, 15) is 4.79 Å².